The average Bonchev–Trinajstić information content (AvgIpc) is 2.42. The topological polar surface area (TPSA) is 56.5 Å². The summed E-state index contributed by atoms with van der Waals surface area (Å²) in [4.78, 5) is 0. The molecule has 0 aliphatic rings. The molecule has 0 amide bonds. The van der Waals surface area contributed by atoms with Gasteiger partial charge in [0.05, 0.1) is 14.2 Å². The van der Waals surface area contributed by atoms with E-state index in [0.29, 0.717) is 5.92 Å². The van der Waals surface area contributed by atoms with Crippen LogP contribution in [0.1, 0.15) is 45.7 Å². The number of nitrogens with one attached hydrogen (secondary N) is 1. The molecule has 0 bridgehead atoms. The van der Waals surface area contributed by atoms with Crippen molar-refractivity contribution in [1.29, 1.82) is 0 Å². The van der Waals surface area contributed by atoms with Crippen molar-refractivity contribution in [3.63, 3.8) is 0 Å². The Morgan fingerprint density at radius 2 is 1.75 bits per heavy atom. The van der Waals surface area contributed by atoms with Gasteiger partial charge in [-0.25, -0.2) is 0 Å². The lowest BCUT2D eigenvalue weighted by molar-refractivity contribution is 0.223. The molecule has 20 heavy (non-hydrogen) atoms. The molecule has 0 fully saturated rings. The van der Waals surface area contributed by atoms with Crippen LogP contribution < -0.4 is 20.7 Å². The summed E-state index contributed by atoms with van der Waals surface area (Å²) in [5, 5.41) is 0. The molecule has 0 saturated heterocycles. The highest BCUT2D eigenvalue weighted by atomic mass is 16.5. The molecule has 0 heterocycles. The van der Waals surface area contributed by atoms with Crippen molar-refractivity contribution in [2.24, 2.45) is 17.2 Å². The lowest BCUT2D eigenvalue weighted by Gasteiger charge is -2.31. The molecule has 0 spiro atoms. The van der Waals surface area contributed by atoms with Crippen molar-refractivity contribution in [3.05, 3.63) is 23.8 Å². The lowest BCUT2D eigenvalue weighted by atomic mass is 9.77. The van der Waals surface area contributed by atoms with E-state index in [1.165, 1.54) is 0 Å². The van der Waals surface area contributed by atoms with E-state index < -0.39 is 0 Å². The molecule has 1 rings (SSSR count). The van der Waals surface area contributed by atoms with Crippen molar-refractivity contribution in [1.82, 2.24) is 5.43 Å². The molecule has 2 unspecified atom stereocenters. The molecule has 0 aliphatic carbocycles. The highest BCUT2D eigenvalue weighted by molar-refractivity contribution is 5.43. The van der Waals surface area contributed by atoms with Gasteiger partial charge < -0.3 is 9.47 Å². The Labute approximate surface area is 122 Å². The van der Waals surface area contributed by atoms with Crippen LogP contribution in [-0.4, -0.2) is 14.2 Å². The maximum Gasteiger partial charge on any atom is 0.161 e. The molecule has 1 aromatic rings. The van der Waals surface area contributed by atoms with Crippen molar-refractivity contribution in [2.45, 2.75) is 40.2 Å². The van der Waals surface area contributed by atoms with Crippen LogP contribution in [0.4, 0.5) is 0 Å². The maximum atomic E-state index is 5.74. The highest BCUT2D eigenvalue weighted by Gasteiger charge is 2.24. The second-order valence-corrected chi connectivity index (χ2v) is 6.34. The smallest absolute Gasteiger partial charge is 0.161 e. The number of benzene rings is 1. The minimum absolute atomic E-state index is 0.101. The number of nitrogens with two attached hydrogens (primary N) is 1. The first-order valence-electron chi connectivity index (χ1n) is 7.01. The number of hydrogen-bond donors (Lipinski definition) is 2. The third kappa shape index (κ3) is 4.12. The zero-order valence-electron chi connectivity index (χ0n) is 13.5. The van der Waals surface area contributed by atoms with Gasteiger partial charge in [0, 0.05) is 6.04 Å². The SMILES string of the molecule is COc1ccc(C(CC(C)C(C)(C)C)NN)cc1OC. The zero-order valence-corrected chi connectivity index (χ0v) is 13.5. The summed E-state index contributed by atoms with van der Waals surface area (Å²) in [6, 6.07) is 6.03. The van der Waals surface area contributed by atoms with Crippen LogP contribution in [0.15, 0.2) is 18.2 Å². The Balaban J connectivity index is 2.95. The average molecular weight is 280 g/mol. The summed E-state index contributed by atoms with van der Waals surface area (Å²) in [7, 11) is 3.28. The number of rotatable bonds is 6. The van der Waals surface area contributed by atoms with E-state index in [1.54, 1.807) is 14.2 Å². The van der Waals surface area contributed by atoms with Crippen molar-refractivity contribution < 1.29 is 9.47 Å². The fourth-order valence-corrected chi connectivity index (χ4v) is 2.08. The van der Waals surface area contributed by atoms with Gasteiger partial charge in [-0.05, 0) is 35.4 Å². The van der Waals surface area contributed by atoms with Crippen LogP contribution in [0.5, 0.6) is 11.5 Å². The molecule has 114 valence electrons. The fraction of sp³-hybridized carbons (Fsp3) is 0.625. The normalized spacial score (nSPS) is 14.8. The second-order valence-electron chi connectivity index (χ2n) is 6.34. The predicted molar refractivity (Wildman–Crippen MR) is 82.8 cm³/mol. The van der Waals surface area contributed by atoms with Gasteiger partial charge in [-0.15, -0.1) is 0 Å². The number of methoxy groups -OCH3 is 2. The van der Waals surface area contributed by atoms with Gasteiger partial charge in [0.25, 0.3) is 0 Å². The van der Waals surface area contributed by atoms with Gasteiger partial charge in [0.15, 0.2) is 11.5 Å². The van der Waals surface area contributed by atoms with E-state index in [4.69, 9.17) is 15.3 Å². The van der Waals surface area contributed by atoms with E-state index in [1.807, 2.05) is 18.2 Å². The van der Waals surface area contributed by atoms with E-state index in [0.717, 1.165) is 23.5 Å². The third-order valence-corrected chi connectivity index (χ3v) is 4.08. The Hall–Kier alpha value is -1.26. The monoisotopic (exact) mass is 280 g/mol. The van der Waals surface area contributed by atoms with Crippen LogP contribution >= 0.6 is 0 Å². The van der Waals surface area contributed by atoms with Gasteiger partial charge in [-0.2, -0.15) is 0 Å². The van der Waals surface area contributed by atoms with Gasteiger partial charge in [-0.3, -0.25) is 11.3 Å². The minimum atomic E-state index is 0.101. The zero-order chi connectivity index (χ0) is 15.3. The lowest BCUT2D eigenvalue weighted by Crippen LogP contribution is -2.31. The first-order chi connectivity index (χ1) is 9.33. The van der Waals surface area contributed by atoms with Crippen LogP contribution in [0, 0.1) is 11.3 Å². The van der Waals surface area contributed by atoms with E-state index in [9.17, 15) is 0 Å². The molecule has 0 aliphatic heterocycles. The summed E-state index contributed by atoms with van der Waals surface area (Å²) in [5.74, 6) is 7.74. The summed E-state index contributed by atoms with van der Waals surface area (Å²) in [5.41, 5.74) is 4.28. The molecular formula is C16H28N2O2. The van der Waals surface area contributed by atoms with Crippen LogP contribution in [0.2, 0.25) is 0 Å². The first-order valence-corrected chi connectivity index (χ1v) is 7.01. The van der Waals surface area contributed by atoms with Gasteiger partial charge in [0.1, 0.15) is 0 Å². The van der Waals surface area contributed by atoms with Crippen molar-refractivity contribution >= 4 is 0 Å². The van der Waals surface area contributed by atoms with Crippen molar-refractivity contribution in [3.8, 4) is 11.5 Å². The van der Waals surface area contributed by atoms with Crippen LogP contribution in [-0.2, 0) is 0 Å². The van der Waals surface area contributed by atoms with Gasteiger partial charge in [-0.1, -0.05) is 33.8 Å². The van der Waals surface area contributed by atoms with Gasteiger partial charge in [0.2, 0.25) is 0 Å². The molecule has 3 N–H and O–H groups in total. The minimum Gasteiger partial charge on any atom is -0.493 e. The van der Waals surface area contributed by atoms with E-state index >= 15 is 0 Å². The summed E-state index contributed by atoms with van der Waals surface area (Å²) in [6.45, 7) is 9.00. The van der Waals surface area contributed by atoms with Crippen LogP contribution in [0.25, 0.3) is 0 Å². The largest absolute Gasteiger partial charge is 0.493 e. The summed E-state index contributed by atoms with van der Waals surface area (Å²) in [6.07, 6.45) is 0.968. The number of ether oxygens (including phenoxy) is 2. The highest BCUT2D eigenvalue weighted by Crippen LogP contribution is 2.35. The fourth-order valence-electron chi connectivity index (χ4n) is 2.08. The Kier molecular flexibility index (Phi) is 5.84. The number of hydrogen-bond acceptors (Lipinski definition) is 4. The summed E-state index contributed by atoms with van der Waals surface area (Å²) >= 11 is 0. The molecule has 4 nitrogen and oxygen atoms in total. The standard InChI is InChI=1S/C16H28N2O2/c1-11(16(2,3)4)9-13(18-17)12-7-8-14(19-5)15(10-12)20-6/h7-8,10-11,13,18H,9,17H2,1-6H3. The summed E-state index contributed by atoms with van der Waals surface area (Å²) < 4.78 is 10.6. The van der Waals surface area contributed by atoms with Crippen molar-refractivity contribution in [2.75, 3.05) is 14.2 Å². The Bertz CT molecular complexity index is 427. The van der Waals surface area contributed by atoms with Crippen LogP contribution in [0.3, 0.4) is 0 Å². The molecule has 1 aromatic carbocycles. The molecule has 0 radical (unpaired) electrons. The Morgan fingerprint density at radius 3 is 2.20 bits per heavy atom. The van der Waals surface area contributed by atoms with E-state index in [2.05, 4.69) is 33.1 Å². The molecular weight excluding hydrogens is 252 g/mol. The van der Waals surface area contributed by atoms with Gasteiger partial charge >= 0.3 is 0 Å². The first kappa shape index (κ1) is 16.8. The number of hydrazine groups is 1. The third-order valence-electron chi connectivity index (χ3n) is 4.08. The predicted octanol–water partition coefficient (Wildman–Crippen LogP) is 3.28. The maximum absolute atomic E-state index is 5.74. The Morgan fingerprint density at radius 1 is 1.15 bits per heavy atom. The molecule has 4 heteroatoms. The van der Waals surface area contributed by atoms with E-state index in [-0.39, 0.29) is 11.5 Å². The molecule has 2 atom stereocenters. The second kappa shape index (κ2) is 6.95. The molecule has 0 aromatic heterocycles. The molecule has 0 saturated carbocycles. The quantitative estimate of drug-likeness (QED) is 0.620.